The van der Waals surface area contributed by atoms with E-state index in [1.165, 1.54) is 11.3 Å². The van der Waals surface area contributed by atoms with Crippen LogP contribution < -0.4 is 21.7 Å². The van der Waals surface area contributed by atoms with Crippen LogP contribution >= 0.6 is 11.3 Å². The van der Waals surface area contributed by atoms with E-state index >= 15 is 0 Å². The maximum atomic E-state index is 13.0. The number of carbonyl (C=O) groups excluding carboxylic acids is 1. The third-order valence-corrected chi connectivity index (χ3v) is 7.70. The van der Waals surface area contributed by atoms with E-state index in [1.807, 2.05) is 19.9 Å². The average molecular weight is 468 g/mol. The Kier molecular flexibility index (Phi) is 5.46. The standard InChI is InChI=1S/C23H29N7O2S/c1-12-9-26-19-18(24)20(33-22(19)27-12)21(31)28-14-5-6-15-13(8-14)4-7-17(29-15)30-10-16(32-3)23(2,25)11-30/h4,7,9,14,16H,5-6,8,10-11,24-25H2,1-3H3,(H,28,31). The predicted molar refractivity (Wildman–Crippen MR) is 130 cm³/mol. The number of nitrogens with two attached hydrogens (primary N) is 2. The molecule has 1 aliphatic heterocycles. The molecule has 174 valence electrons. The Labute approximate surface area is 196 Å². The number of thiophene rings is 1. The molecule has 1 fully saturated rings. The molecular formula is C23H29N7O2S. The van der Waals surface area contributed by atoms with Crippen molar-refractivity contribution < 1.29 is 9.53 Å². The Bertz CT molecular complexity index is 1220. The van der Waals surface area contributed by atoms with Gasteiger partial charge in [0.15, 0.2) is 0 Å². The number of nitrogen functional groups attached to an aromatic ring is 1. The summed E-state index contributed by atoms with van der Waals surface area (Å²) in [6.07, 6.45) is 4.01. The number of methoxy groups -OCH3 is 1. The zero-order chi connectivity index (χ0) is 23.3. The van der Waals surface area contributed by atoms with Crippen molar-refractivity contribution in [3.05, 3.63) is 40.2 Å². The van der Waals surface area contributed by atoms with Crippen LogP contribution in [-0.2, 0) is 17.6 Å². The SMILES string of the molecule is COC1CN(c2ccc3c(n2)CCC(NC(=O)c2sc4nc(C)cnc4c2N)C3)CC1(C)N. The van der Waals surface area contributed by atoms with Gasteiger partial charge in [-0.15, -0.1) is 11.3 Å². The summed E-state index contributed by atoms with van der Waals surface area (Å²) in [7, 11) is 1.70. The normalized spacial score (nSPS) is 24.8. The van der Waals surface area contributed by atoms with E-state index in [2.05, 4.69) is 26.3 Å². The van der Waals surface area contributed by atoms with Crippen LogP contribution in [0.25, 0.3) is 10.3 Å². The van der Waals surface area contributed by atoms with E-state index in [4.69, 9.17) is 21.2 Å². The van der Waals surface area contributed by atoms with Crippen LogP contribution in [0.5, 0.6) is 0 Å². The molecule has 5 N–H and O–H groups in total. The first kappa shape index (κ1) is 22.0. The molecule has 4 heterocycles. The molecule has 0 aromatic carbocycles. The number of fused-ring (bicyclic) bond motifs is 2. The molecule has 9 nitrogen and oxygen atoms in total. The molecule has 3 unspecified atom stereocenters. The van der Waals surface area contributed by atoms with Crippen molar-refractivity contribution in [2.45, 2.75) is 50.8 Å². The lowest BCUT2D eigenvalue weighted by Gasteiger charge is -2.27. The number of nitrogens with zero attached hydrogens (tertiary/aromatic N) is 4. The van der Waals surface area contributed by atoms with E-state index < -0.39 is 5.54 Å². The van der Waals surface area contributed by atoms with Gasteiger partial charge in [-0.3, -0.25) is 4.79 Å². The van der Waals surface area contributed by atoms with Crippen LogP contribution in [-0.4, -0.2) is 58.7 Å². The zero-order valence-corrected chi connectivity index (χ0v) is 19.9. The number of hydrogen-bond acceptors (Lipinski definition) is 9. The lowest BCUT2D eigenvalue weighted by atomic mass is 9.91. The quantitative estimate of drug-likeness (QED) is 0.529. The molecule has 3 atom stereocenters. The van der Waals surface area contributed by atoms with Crippen molar-refractivity contribution in [2.24, 2.45) is 5.73 Å². The second-order valence-electron chi connectivity index (χ2n) is 9.31. The zero-order valence-electron chi connectivity index (χ0n) is 19.1. The first-order valence-corrected chi connectivity index (χ1v) is 11.9. The summed E-state index contributed by atoms with van der Waals surface area (Å²) in [4.78, 5) is 30.0. The summed E-state index contributed by atoms with van der Waals surface area (Å²) in [5, 5.41) is 3.15. The molecule has 0 spiro atoms. The van der Waals surface area contributed by atoms with E-state index in [9.17, 15) is 4.79 Å². The van der Waals surface area contributed by atoms with E-state index in [0.717, 1.165) is 48.6 Å². The van der Waals surface area contributed by atoms with Gasteiger partial charge in [-0.2, -0.15) is 0 Å². The summed E-state index contributed by atoms with van der Waals surface area (Å²) in [5.74, 6) is 0.763. The lowest BCUT2D eigenvalue weighted by Crippen LogP contribution is -2.48. The molecule has 10 heteroatoms. The van der Waals surface area contributed by atoms with Crippen LogP contribution in [0.2, 0.25) is 0 Å². The van der Waals surface area contributed by atoms with Gasteiger partial charge in [-0.1, -0.05) is 6.07 Å². The number of hydrogen-bond donors (Lipinski definition) is 3. The van der Waals surface area contributed by atoms with Crippen LogP contribution in [0.3, 0.4) is 0 Å². The van der Waals surface area contributed by atoms with Gasteiger partial charge < -0.3 is 26.4 Å². The fraction of sp³-hybridized carbons (Fsp3) is 0.478. The topological polar surface area (TPSA) is 132 Å². The van der Waals surface area contributed by atoms with Crippen molar-refractivity contribution in [1.29, 1.82) is 0 Å². The summed E-state index contributed by atoms with van der Waals surface area (Å²) in [6, 6.07) is 4.19. The van der Waals surface area contributed by atoms with Crippen molar-refractivity contribution in [2.75, 3.05) is 30.8 Å². The summed E-state index contributed by atoms with van der Waals surface area (Å²) in [6.45, 7) is 5.32. The van der Waals surface area contributed by atoms with Gasteiger partial charge >= 0.3 is 0 Å². The second kappa shape index (κ2) is 8.19. The third kappa shape index (κ3) is 4.03. The minimum absolute atomic E-state index is 0.0226. The lowest BCUT2D eigenvalue weighted by molar-refractivity contribution is 0.0751. The van der Waals surface area contributed by atoms with Gasteiger partial charge in [-0.25, -0.2) is 15.0 Å². The number of rotatable bonds is 4. The Morgan fingerprint density at radius 2 is 2.18 bits per heavy atom. The smallest absolute Gasteiger partial charge is 0.263 e. The highest BCUT2D eigenvalue weighted by atomic mass is 32.1. The molecule has 0 saturated carbocycles. The minimum Gasteiger partial charge on any atom is -0.396 e. The average Bonchev–Trinajstić information content (AvgIpc) is 3.28. The molecule has 0 radical (unpaired) electrons. The molecular weight excluding hydrogens is 438 g/mol. The summed E-state index contributed by atoms with van der Waals surface area (Å²) in [5.41, 5.74) is 16.2. The molecule has 0 bridgehead atoms. The molecule has 33 heavy (non-hydrogen) atoms. The fourth-order valence-electron chi connectivity index (χ4n) is 4.79. The monoisotopic (exact) mass is 467 g/mol. The molecule has 1 amide bonds. The molecule has 2 aliphatic rings. The fourth-order valence-corrected chi connectivity index (χ4v) is 5.79. The number of carbonyl (C=O) groups is 1. The van der Waals surface area contributed by atoms with Crippen molar-refractivity contribution in [3.8, 4) is 0 Å². The Morgan fingerprint density at radius 3 is 2.94 bits per heavy atom. The van der Waals surface area contributed by atoms with E-state index in [1.54, 1.807) is 13.3 Å². The van der Waals surface area contributed by atoms with Crippen molar-refractivity contribution in [3.63, 3.8) is 0 Å². The van der Waals surface area contributed by atoms with Gasteiger partial charge in [0, 0.05) is 38.1 Å². The Balaban J connectivity index is 1.28. The maximum absolute atomic E-state index is 13.0. The van der Waals surface area contributed by atoms with Gasteiger partial charge in [0.25, 0.3) is 5.91 Å². The summed E-state index contributed by atoms with van der Waals surface area (Å²) < 4.78 is 5.56. The number of ether oxygens (including phenoxy) is 1. The van der Waals surface area contributed by atoms with E-state index in [-0.39, 0.29) is 18.1 Å². The molecule has 5 rings (SSSR count). The first-order valence-electron chi connectivity index (χ1n) is 11.1. The molecule has 1 aliphatic carbocycles. The van der Waals surface area contributed by atoms with Crippen LogP contribution in [0.1, 0.15) is 40.0 Å². The molecule has 3 aromatic rings. The van der Waals surface area contributed by atoms with Crippen molar-refractivity contribution in [1.82, 2.24) is 20.3 Å². The number of aromatic nitrogens is 3. The van der Waals surface area contributed by atoms with Crippen LogP contribution in [0, 0.1) is 6.92 Å². The van der Waals surface area contributed by atoms with Gasteiger partial charge in [-0.05, 0) is 44.7 Å². The maximum Gasteiger partial charge on any atom is 0.263 e. The van der Waals surface area contributed by atoms with E-state index in [0.29, 0.717) is 27.5 Å². The summed E-state index contributed by atoms with van der Waals surface area (Å²) >= 11 is 1.29. The van der Waals surface area contributed by atoms with Gasteiger partial charge in [0.05, 0.1) is 23.0 Å². The predicted octanol–water partition coefficient (Wildman–Crippen LogP) is 1.82. The van der Waals surface area contributed by atoms with Crippen molar-refractivity contribution >= 4 is 39.1 Å². The van der Waals surface area contributed by atoms with Crippen LogP contribution in [0.15, 0.2) is 18.3 Å². The Hall–Kier alpha value is -2.82. The first-order chi connectivity index (χ1) is 15.7. The van der Waals surface area contributed by atoms with Crippen LogP contribution in [0.4, 0.5) is 11.5 Å². The largest absolute Gasteiger partial charge is 0.396 e. The highest BCUT2D eigenvalue weighted by Crippen LogP contribution is 2.32. The third-order valence-electron chi connectivity index (χ3n) is 6.61. The van der Waals surface area contributed by atoms with Gasteiger partial charge in [0.1, 0.15) is 21.0 Å². The highest BCUT2D eigenvalue weighted by molar-refractivity contribution is 7.21. The Morgan fingerprint density at radius 1 is 1.36 bits per heavy atom. The highest BCUT2D eigenvalue weighted by Gasteiger charge is 2.41. The second-order valence-corrected chi connectivity index (χ2v) is 10.3. The molecule has 3 aromatic heterocycles. The molecule has 1 saturated heterocycles. The number of pyridine rings is 1. The number of amides is 1. The van der Waals surface area contributed by atoms with Gasteiger partial charge in [0.2, 0.25) is 0 Å². The number of aryl methyl sites for hydroxylation is 2. The number of nitrogens with one attached hydrogen (secondary N) is 1. The minimum atomic E-state index is -0.403. The number of anilines is 2.